The molecule has 112 valence electrons. The van der Waals surface area contributed by atoms with Crippen LogP contribution in [-0.2, 0) is 9.53 Å². The Kier molecular flexibility index (Phi) is 3.96. The molecule has 1 N–H and O–H groups in total. The summed E-state index contributed by atoms with van der Waals surface area (Å²) in [7, 11) is 0. The van der Waals surface area contributed by atoms with Crippen LogP contribution in [0.2, 0.25) is 0 Å². The third-order valence-corrected chi connectivity index (χ3v) is 3.46. The van der Waals surface area contributed by atoms with Gasteiger partial charge in [-0.15, -0.1) is 15.3 Å². The van der Waals surface area contributed by atoms with E-state index in [9.17, 15) is 4.79 Å². The third kappa shape index (κ3) is 3.10. The van der Waals surface area contributed by atoms with Gasteiger partial charge in [0, 0.05) is 25.7 Å². The molecule has 8 heteroatoms. The molecular formula is C13H18N6O2. The van der Waals surface area contributed by atoms with Gasteiger partial charge < -0.3 is 15.0 Å². The summed E-state index contributed by atoms with van der Waals surface area (Å²) in [4.78, 5) is 13.8. The molecule has 0 spiro atoms. The lowest BCUT2D eigenvalue weighted by molar-refractivity contribution is -0.126. The van der Waals surface area contributed by atoms with Crippen LogP contribution in [0.5, 0.6) is 0 Å². The molecule has 21 heavy (non-hydrogen) atoms. The molecule has 0 aromatic carbocycles. The molecule has 0 radical (unpaired) electrons. The Morgan fingerprint density at radius 1 is 1.52 bits per heavy atom. The van der Waals surface area contributed by atoms with E-state index < -0.39 is 0 Å². The maximum Gasteiger partial charge on any atom is 0.246 e. The molecule has 1 atom stereocenters. The highest BCUT2D eigenvalue weighted by molar-refractivity contribution is 5.77. The maximum atomic E-state index is 11.7. The van der Waals surface area contributed by atoms with Crippen molar-refractivity contribution in [3.05, 3.63) is 18.5 Å². The van der Waals surface area contributed by atoms with Gasteiger partial charge in [0.05, 0.1) is 0 Å². The van der Waals surface area contributed by atoms with Crippen molar-refractivity contribution >= 4 is 17.4 Å². The highest BCUT2D eigenvalue weighted by Crippen LogP contribution is 2.18. The van der Waals surface area contributed by atoms with Gasteiger partial charge in [0.15, 0.2) is 5.65 Å². The van der Waals surface area contributed by atoms with Crippen molar-refractivity contribution in [3.63, 3.8) is 0 Å². The predicted molar refractivity (Wildman–Crippen MR) is 76.0 cm³/mol. The Morgan fingerprint density at radius 2 is 2.43 bits per heavy atom. The molecule has 1 fully saturated rings. The lowest BCUT2D eigenvalue weighted by Gasteiger charge is -2.17. The second kappa shape index (κ2) is 6.04. The molecule has 0 bridgehead atoms. The lowest BCUT2D eigenvalue weighted by atomic mass is 10.2. The zero-order chi connectivity index (χ0) is 14.7. The normalized spacial score (nSPS) is 18.3. The number of nitrogens with zero attached hydrogens (tertiary/aromatic N) is 5. The molecule has 8 nitrogen and oxygen atoms in total. The Labute approximate surface area is 122 Å². The van der Waals surface area contributed by atoms with Gasteiger partial charge in [-0.05, 0) is 25.5 Å². The maximum absolute atomic E-state index is 11.7. The van der Waals surface area contributed by atoms with Gasteiger partial charge in [-0.3, -0.25) is 4.79 Å². The van der Waals surface area contributed by atoms with Crippen LogP contribution >= 0.6 is 0 Å². The van der Waals surface area contributed by atoms with Gasteiger partial charge >= 0.3 is 0 Å². The van der Waals surface area contributed by atoms with Crippen LogP contribution in [0.3, 0.4) is 0 Å². The first-order chi connectivity index (χ1) is 10.3. The third-order valence-electron chi connectivity index (χ3n) is 3.46. The molecule has 0 unspecified atom stereocenters. The van der Waals surface area contributed by atoms with Crippen LogP contribution in [0.4, 0.5) is 5.82 Å². The van der Waals surface area contributed by atoms with Crippen molar-refractivity contribution in [2.75, 3.05) is 31.2 Å². The van der Waals surface area contributed by atoms with Crippen LogP contribution < -0.4 is 10.2 Å². The molecule has 3 heterocycles. The first kappa shape index (κ1) is 13.7. The topological polar surface area (TPSA) is 84.6 Å². The van der Waals surface area contributed by atoms with E-state index in [0.29, 0.717) is 6.61 Å². The number of hydrogen-bond donors (Lipinski definition) is 1. The molecule has 2 aromatic heterocycles. The van der Waals surface area contributed by atoms with E-state index >= 15 is 0 Å². The molecule has 1 amide bonds. The summed E-state index contributed by atoms with van der Waals surface area (Å²) in [5.74, 6) is 0.801. The number of rotatable bonds is 5. The Bertz CT molecular complexity index is 628. The molecule has 1 aliphatic rings. The monoisotopic (exact) mass is 290 g/mol. The number of hydrogen-bond acceptors (Lipinski definition) is 6. The van der Waals surface area contributed by atoms with Crippen molar-refractivity contribution in [2.24, 2.45) is 0 Å². The first-order valence-corrected chi connectivity index (χ1v) is 7.05. The number of ether oxygens (including phenoxy) is 1. The van der Waals surface area contributed by atoms with Crippen molar-refractivity contribution in [1.82, 2.24) is 25.1 Å². The largest absolute Gasteiger partial charge is 0.372 e. The summed E-state index contributed by atoms with van der Waals surface area (Å²) in [6, 6.07) is 3.95. The van der Waals surface area contributed by atoms with Gasteiger partial charge in [0.2, 0.25) is 5.91 Å². The van der Waals surface area contributed by atoms with Gasteiger partial charge in [-0.1, -0.05) is 0 Å². The van der Waals surface area contributed by atoms with Crippen molar-refractivity contribution in [2.45, 2.75) is 19.4 Å². The fraction of sp³-hybridized carbons (Fsp3) is 0.538. The van der Waals surface area contributed by atoms with Gasteiger partial charge in [0.1, 0.15) is 18.8 Å². The van der Waals surface area contributed by atoms with E-state index in [1.807, 2.05) is 19.1 Å². The smallest absolute Gasteiger partial charge is 0.246 e. The van der Waals surface area contributed by atoms with E-state index in [1.54, 1.807) is 10.8 Å². The minimum Gasteiger partial charge on any atom is -0.372 e. The van der Waals surface area contributed by atoms with E-state index in [2.05, 4.69) is 25.5 Å². The van der Waals surface area contributed by atoms with Crippen molar-refractivity contribution < 1.29 is 9.53 Å². The minimum absolute atomic E-state index is 0.0640. The molecule has 0 aliphatic carbocycles. The van der Waals surface area contributed by atoms with Gasteiger partial charge in [0.25, 0.3) is 0 Å². The molecular weight excluding hydrogens is 272 g/mol. The summed E-state index contributed by atoms with van der Waals surface area (Å²) in [6.07, 6.45) is 2.48. The summed E-state index contributed by atoms with van der Waals surface area (Å²) < 4.78 is 6.75. The van der Waals surface area contributed by atoms with Crippen molar-refractivity contribution in [1.29, 1.82) is 0 Å². The highest BCUT2D eigenvalue weighted by Gasteiger charge is 2.25. The average molecular weight is 290 g/mol. The number of amides is 1. The van der Waals surface area contributed by atoms with Crippen LogP contribution in [0.15, 0.2) is 18.5 Å². The average Bonchev–Trinajstić information content (AvgIpc) is 3.12. The van der Waals surface area contributed by atoms with Crippen LogP contribution in [0.25, 0.3) is 5.65 Å². The van der Waals surface area contributed by atoms with E-state index in [1.165, 1.54) is 0 Å². The fourth-order valence-corrected chi connectivity index (χ4v) is 2.44. The zero-order valence-corrected chi connectivity index (χ0v) is 11.9. The number of carbonyl (C=O) groups is 1. The number of fused-ring (bicyclic) bond motifs is 1. The summed E-state index contributed by atoms with van der Waals surface area (Å²) >= 11 is 0. The van der Waals surface area contributed by atoms with Crippen LogP contribution in [0, 0.1) is 0 Å². The second-order valence-electron chi connectivity index (χ2n) is 4.96. The summed E-state index contributed by atoms with van der Waals surface area (Å²) in [5, 5.41) is 15.2. The zero-order valence-electron chi connectivity index (χ0n) is 11.9. The molecule has 0 saturated carbocycles. The molecule has 2 aromatic rings. The summed E-state index contributed by atoms with van der Waals surface area (Å²) in [5.41, 5.74) is 0.722. The number of carbonyl (C=O) groups excluding carboxylic acids is 1. The standard InChI is InChI=1S/C13H18N6O2/c1-2-21-8-13(20)15-10-5-6-18(7-10)12-4-3-11-16-14-9-19(11)17-12/h3-4,9-10H,2,5-8H2,1H3,(H,15,20)/t10-/m1/s1. The van der Waals surface area contributed by atoms with Gasteiger partial charge in [-0.25, -0.2) is 0 Å². The molecule has 3 rings (SSSR count). The second-order valence-corrected chi connectivity index (χ2v) is 4.96. The predicted octanol–water partition coefficient (Wildman–Crippen LogP) is -0.144. The van der Waals surface area contributed by atoms with E-state index in [4.69, 9.17) is 4.74 Å². The van der Waals surface area contributed by atoms with Gasteiger partial charge in [-0.2, -0.15) is 4.52 Å². The Morgan fingerprint density at radius 3 is 3.29 bits per heavy atom. The van der Waals surface area contributed by atoms with Crippen molar-refractivity contribution in [3.8, 4) is 0 Å². The molecule has 1 saturated heterocycles. The quantitative estimate of drug-likeness (QED) is 0.825. The van der Waals surface area contributed by atoms with Crippen LogP contribution in [0.1, 0.15) is 13.3 Å². The number of anilines is 1. The summed E-state index contributed by atoms with van der Waals surface area (Å²) in [6.45, 7) is 4.15. The highest BCUT2D eigenvalue weighted by atomic mass is 16.5. The Balaban J connectivity index is 1.59. The first-order valence-electron chi connectivity index (χ1n) is 7.05. The lowest BCUT2D eigenvalue weighted by Crippen LogP contribution is -2.39. The fourth-order valence-electron chi connectivity index (χ4n) is 2.44. The van der Waals surface area contributed by atoms with Crippen LogP contribution in [-0.4, -0.2) is 58.1 Å². The van der Waals surface area contributed by atoms with E-state index in [-0.39, 0.29) is 18.6 Å². The van der Waals surface area contributed by atoms with E-state index in [0.717, 1.165) is 31.0 Å². The number of aromatic nitrogens is 4. The SMILES string of the molecule is CCOCC(=O)N[C@@H]1CCN(c2ccc3nncn3n2)C1. The molecule has 1 aliphatic heterocycles. The number of nitrogens with one attached hydrogen (secondary N) is 1. The minimum atomic E-state index is -0.0640. The Hall–Kier alpha value is -2.22.